The Labute approximate surface area is 187 Å². The number of anilines is 2. The van der Waals surface area contributed by atoms with E-state index < -0.39 is 11.3 Å². The largest absolute Gasteiger partial charge is 0.305 e. The first-order valence-corrected chi connectivity index (χ1v) is 11.2. The van der Waals surface area contributed by atoms with E-state index in [0.29, 0.717) is 0 Å². The third kappa shape index (κ3) is 2.51. The van der Waals surface area contributed by atoms with E-state index in [1.807, 2.05) is 35.1 Å². The average molecular weight is 426 g/mol. The molecule has 3 aromatic rings. The summed E-state index contributed by atoms with van der Waals surface area (Å²) < 4.78 is 0. The zero-order chi connectivity index (χ0) is 20.9. The van der Waals surface area contributed by atoms with Crippen molar-refractivity contribution in [3.63, 3.8) is 0 Å². The number of benzene rings is 3. The molecule has 154 valence electrons. The van der Waals surface area contributed by atoms with Gasteiger partial charge in [-0.2, -0.15) is 10.5 Å². The summed E-state index contributed by atoms with van der Waals surface area (Å²) in [7, 11) is 0. The normalized spacial score (nSPS) is 26.8. The number of rotatable bonds is 3. The van der Waals surface area contributed by atoms with Crippen molar-refractivity contribution in [2.45, 2.75) is 37.0 Å². The average Bonchev–Trinajstić information content (AvgIpc) is 3.28. The number of azo groups is 1. The molecule has 3 aromatic carbocycles. The van der Waals surface area contributed by atoms with Gasteiger partial charge in [0.2, 0.25) is 5.69 Å². The lowest BCUT2D eigenvalue weighted by atomic mass is 9.79. The minimum absolute atomic E-state index is 0.574. The van der Waals surface area contributed by atoms with Gasteiger partial charge in [0.05, 0.1) is 0 Å². The van der Waals surface area contributed by atoms with E-state index in [1.165, 1.54) is 0 Å². The van der Waals surface area contributed by atoms with Crippen molar-refractivity contribution in [2.24, 2.45) is 5.11 Å². The van der Waals surface area contributed by atoms with Crippen LogP contribution in [0.4, 0.5) is 17.1 Å². The van der Waals surface area contributed by atoms with Crippen molar-refractivity contribution < 1.29 is 4.81 Å². The molecule has 1 saturated carbocycles. The molecule has 3 aliphatic rings. The molecule has 0 bridgehead atoms. The third-order valence-electron chi connectivity index (χ3n) is 6.60. The van der Waals surface area contributed by atoms with Gasteiger partial charge in [-0.3, -0.25) is 0 Å². The van der Waals surface area contributed by atoms with Crippen LogP contribution in [-0.4, -0.2) is 21.2 Å². The highest BCUT2D eigenvalue weighted by Crippen LogP contribution is 2.60. The summed E-state index contributed by atoms with van der Waals surface area (Å²) in [5.41, 5.74) is 7.26. The van der Waals surface area contributed by atoms with E-state index in [-0.39, 0.29) is 0 Å². The Morgan fingerprint density at radius 3 is 1.94 bits per heavy atom. The molecule has 2 heterocycles. The molecule has 6 heteroatoms. The first-order valence-electron chi connectivity index (χ1n) is 10.8. The van der Waals surface area contributed by atoms with Crippen molar-refractivity contribution >= 4 is 34.4 Å². The second-order valence-corrected chi connectivity index (χ2v) is 8.65. The molecule has 2 fully saturated rings. The Morgan fingerprint density at radius 2 is 1.29 bits per heavy atom. The van der Waals surface area contributed by atoms with Gasteiger partial charge in [-0.05, 0) is 49.3 Å². The Bertz CT molecular complexity index is 1150. The van der Waals surface area contributed by atoms with Gasteiger partial charge in [0.15, 0.2) is 5.11 Å². The van der Waals surface area contributed by atoms with Crippen molar-refractivity contribution in [3.8, 4) is 0 Å². The first-order chi connectivity index (χ1) is 15.3. The van der Waals surface area contributed by atoms with Crippen molar-refractivity contribution in [1.29, 1.82) is 0 Å². The quantitative estimate of drug-likeness (QED) is 0.362. The first kappa shape index (κ1) is 18.5. The Balaban J connectivity index is 1.60. The van der Waals surface area contributed by atoms with Crippen LogP contribution in [-0.2, 0) is 0 Å². The van der Waals surface area contributed by atoms with E-state index in [0.717, 1.165) is 47.9 Å². The number of nitrogens with zero attached hydrogens (tertiary/aromatic N) is 5. The van der Waals surface area contributed by atoms with E-state index >= 15 is 0 Å². The third-order valence-corrected chi connectivity index (χ3v) is 6.97. The molecular weight excluding hydrogens is 402 g/mol. The molecule has 0 N–H and O–H groups in total. The minimum Gasteiger partial charge on any atom is -0.305 e. The molecule has 1 aliphatic carbocycles. The monoisotopic (exact) mass is 425 g/mol. The number of hydrogen-bond donors (Lipinski definition) is 0. The molecule has 1 saturated heterocycles. The van der Waals surface area contributed by atoms with Crippen LogP contribution in [0.25, 0.3) is 5.43 Å². The summed E-state index contributed by atoms with van der Waals surface area (Å²) in [5, 5.41) is 6.08. The molecule has 2 atom stereocenters. The molecule has 2 unspecified atom stereocenters. The van der Waals surface area contributed by atoms with Crippen molar-refractivity contribution in [3.05, 3.63) is 96.4 Å². The van der Waals surface area contributed by atoms with Crippen LogP contribution in [0, 0.1) is 0 Å². The highest BCUT2D eigenvalue weighted by Gasteiger charge is 2.69. The van der Waals surface area contributed by atoms with Crippen LogP contribution in [0.3, 0.4) is 0 Å². The molecule has 31 heavy (non-hydrogen) atoms. The van der Waals surface area contributed by atoms with Gasteiger partial charge in [0.1, 0.15) is 11.3 Å². The van der Waals surface area contributed by atoms with Gasteiger partial charge in [0, 0.05) is 23.5 Å². The maximum Gasteiger partial charge on any atom is 0.225 e. The highest BCUT2D eigenvalue weighted by molar-refractivity contribution is 7.80. The summed E-state index contributed by atoms with van der Waals surface area (Å²) in [5.74, 6) is 0. The molecule has 0 aromatic heterocycles. The van der Waals surface area contributed by atoms with Gasteiger partial charge in [0.25, 0.3) is 0 Å². The number of hydrogen-bond acceptors (Lipinski definition) is 2. The van der Waals surface area contributed by atoms with Gasteiger partial charge in [-0.25, -0.2) is 0 Å². The predicted molar refractivity (Wildman–Crippen MR) is 127 cm³/mol. The second-order valence-electron chi connectivity index (χ2n) is 8.29. The summed E-state index contributed by atoms with van der Waals surface area (Å²) >= 11 is 6.15. The van der Waals surface area contributed by atoms with E-state index in [1.54, 1.807) is 0 Å². The summed E-state index contributed by atoms with van der Waals surface area (Å²) in [6.45, 7) is 0. The number of para-hydroxylation sites is 3. The van der Waals surface area contributed by atoms with Crippen LogP contribution in [0.1, 0.15) is 25.7 Å². The lowest BCUT2D eigenvalue weighted by molar-refractivity contribution is -0.456. The summed E-state index contributed by atoms with van der Waals surface area (Å²) in [4.78, 5) is 6.35. The van der Waals surface area contributed by atoms with Gasteiger partial charge < -0.3 is 9.80 Å². The van der Waals surface area contributed by atoms with E-state index in [9.17, 15) is 0 Å². The van der Waals surface area contributed by atoms with Crippen LogP contribution in [0.5, 0.6) is 0 Å². The molecule has 0 spiro atoms. The highest BCUT2D eigenvalue weighted by atomic mass is 32.1. The number of thiocarbonyl (C=S) groups is 1. The Kier molecular flexibility index (Phi) is 4.11. The molecular formula is C25H23N5S. The fraction of sp³-hybridized carbons (Fsp3) is 0.240. The lowest BCUT2D eigenvalue weighted by Crippen LogP contribution is -2.59. The van der Waals surface area contributed by atoms with Crippen LogP contribution in [0.2, 0.25) is 0 Å². The molecule has 2 aliphatic heterocycles. The van der Waals surface area contributed by atoms with E-state index in [2.05, 4.69) is 70.5 Å². The minimum atomic E-state index is -0.574. The fourth-order valence-electron chi connectivity index (χ4n) is 5.31. The molecule has 0 radical (unpaired) electrons. The maximum atomic E-state index is 6.15. The standard InChI is InChI=1S/C25H23N5S/c31-23-28(20-12-4-1-5-13-20)24-18-10-11-19-25(24,29(23)21-14-6-2-7-15-21)27-30(26-24)22-16-8-3-9-17-22/h1-9,12-17H,10-11,18-19H2. The van der Waals surface area contributed by atoms with Crippen molar-refractivity contribution in [2.75, 3.05) is 9.80 Å². The Morgan fingerprint density at radius 1 is 0.742 bits per heavy atom. The smallest absolute Gasteiger partial charge is 0.225 e. The SMILES string of the molecule is S=C1N(c2ccccc2)C23CCCCC2([N-][N+](c2ccccc2)=N3)N1c1ccccc1. The molecule has 0 amide bonds. The summed E-state index contributed by atoms with van der Waals surface area (Å²) in [6.07, 6.45) is 3.99. The zero-order valence-corrected chi connectivity index (χ0v) is 17.9. The lowest BCUT2D eigenvalue weighted by Gasteiger charge is -2.48. The van der Waals surface area contributed by atoms with E-state index in [4.69, 9.17) is 22.8 Å². The Hall–Kier alpha value is -3.25. The summed E-state index contributed by atoms with van der Waals surface area (Å²) in [6, 6.07) is 31.0. The fourth-order valence-corrected chi connectivity index (χ4v) is 5.82. The van der Waals surface area contributed by atoms with Gasteiger partial charge in [-0.15, -0.1) is 4.81 Å². The van der Waals surface area contributed by atoms with Gasteiger partial charge >= 0.3 is 0 Å². The van der Waals surface area contributed by atoms with Crippen molar-refractivity contribution in [1.82, 2.24) is 0 Å². The van der Waals surface area contributed by atoms with Crippen LogP contribution >= 0.6 is 12.2 Å². The topological polar surface area (TPSA) is 36.0 Å². The second kappa shape index (κ2) is 6.89. The molecule has 6 rings (SSSR count). The predicted octanol–water partition coefficient (Wildman–Crippen LogP) is 6.36. The maximum absolute atomic E-state index is 6.15. The van der Waals surface area contributed by atoms with Gasteiger partial charge in [-0.1, -0.05) is 67.4 Å². The molecule has 5 nitrogen and oxygen atoms in total. The van der Waals surface area contributed by atoms with Crippen LogP contribution < -0.4 is 9.80 Å². The zero-order valence-electron chi connectivity index (χ0n) is 17.1. The van der Waals surface area contributed by atoms with Crippen LogP contribution in [0.15, 0.2) is 96.1 Å².